The van der Waals surface area contributed by atoms with E-state index in [9.17, 15) is 9.90 Å². The van der Waals surface area contributed by atoms with Gasteiger partial charge in [0.25, 0.3) is 5.89 Å². The van der Waals surface area contributed by atoms with E-state index in [0.717, 1.165) is 11.1 Å². The first kappa shape index (κ1) is 16.1. The number of ether oxygens (including phenoxy) is 1. The number of aliphatic hydroxyl groups is 1. The van der Waals surface area contributed by atoms with E-state index < -0.39 is 11.9 Å². The highest BCUT2D eigenvalue weighted by Gasteiger charge is 2.15. The molecule has 0 saturated heterocycles. The number of furan rings is 1. The smallest absolute Gasteiger partial charge is 0.437 e. The Morgan fingerprint density at radius 3 is 2.75 bits per heavy atom. The molecule has 0 unspecified atom stereocenters. The molecule has 1 atom stereocenters. The molecule has 0 aliphatic heterocycles. The van der Waals surface area contributed by atoms with Crippen LogP contribution in [0.2, 0.25) is 0 Å². The van der Waals surface area contributed by atoms with Gasteiger partial charge in [-0.25, -0.2) is 4.79 Å². The summed E-state index contributed by atoms with van der Waals surface area (Å²) in [7, 11) is 0. The summed E-state index contributed by atoms with van der Waals surface area (Å²) in [4.78, 5) is 11.8. The van der Waals surface area contributed by atoms with E-state index in [1.807, 2.05) is 24.3 Å². The summed E-state index contributed by atoms with van der Waals surface area (Å²) in [5.41, 5.74) is 1.21. The minimum atomic E-state index is -0.900. The van der Waals surface area contributed by atoms with Crippen molar-refractivity contribution in [2.24, 2.45) is 0 Å². The van der Waals surface area contributed by atoms with Gasteiger partial charge in [-0.1, -0.05) is 19.1 Å². The average molecular weight is 330 g/mol. The summed E-state index contributed by atoms with van der Waals surface area (Å²) < 4.78 is 16.7. The zero-order valence-electron chi connectivity index (χ0n) is 13.2. The van der Waals surface area contributed by atoms with Gasteiger partial charge in [-0.05, 0) is 36.2 Å². The predicted octanol–water partition coefficient (Wildman–Crippen LogP) is 2.10. The van der Waals surface area contributed by atoms with Gasteiger partial charge in [0, 0.05) is 0 Å². The second-order valence-electron chi connectivity index (χ2n) is 5.29. The third-order valence-electron chi connectivity index (χ3n) is 3.50. The van der Waals surface area contributed by atoms with Crippen molar-refractivity contribution in [2.45, 2.75) is 26.0 Å². The molecular formula is C17H18N2O5. The molecule has 0 amide bonds. The topological polar surface area (TPSA) is 90.6 Å². The van der Waals surface area contributed by atoms with Crippen LogP contribution in [0.25, 0.3) is 11.7 Å². The van der Waals surface area contributed by atoms with Gasteiger partial charge >= 0.3 is 5.76 Å². The number of aryl methyl sites for hydroxylation is 1. The van der Waals surface area contributed by atoms with E-state index in [0.29, 0.717) is 11.5 Å². The van der Waals surface area contributed by atoms with Crippen LogP contribution in [0.4, 0.5) is 0 Å². The maximum atomic E-state index is 11.8. The summed E-state index contributed by atoms with van der Waals surface area (Å²) in [5, 5.41) is 14.0. The van der Waals surface area contributed by atoms with E-state index >= 15 is 0 Å². The van der Waals surface area contributed by atoms with E-state index in [4.69, 9.17) is 13.6 Å². The number of aliphatic hydroxyl groups excluding tert-OH is 1. The third kappa shape index (κ3) is 3.75. The van der Waals surface area contributed by atoms with Crippen LogP contribution in [0, 0.1) is 0 Å². The Labute approximate surface area is 138 Å². The largest absolute Gasteiger partial charge is 0.491 e. The summed E-state index contributed by atoms with van der Waals surface area (Å²) in [6.07, 6.45) is 1.51. The summed E-state index contributed by atoms with van der Waals surface area (Å²) in [6.45, 7) is 2.09. The molecule has 0 aliphatic rings. The van der Waals surface area contributed by atoms with Crippen molar-refractivity contribution in [3.05, 3.63) is 58.8 Å². The maximum absolute atomic E-state index is 11.8. The number of hydrogen-bond donors (Lipinski definition) is 1. The van der Waals surface area contributed by atoms with Crippen molar-refractivity contribution < 1.29 is 18.7 Å². The Hall–Kier alpha value is -2.80. The minimum Gasteiger partial charge on any atom is -0.491 e. The fourth-order valence-electron chi connectivity index (χ4n) is 2.19. The number of nitrogens with zero attached hydrogens (tertiary/aromatic N) is 2. The van der Waals surface area contributed by atoms with Gasteiger partial charge in [0.1, 0.15) is 18.5 Å². The van der Waals surface area contributed by atoms with Crippen molar-refractivity contribution >= 4 is 0 Å². The van der Waals surface area contributed by atoms with Crippen LogP contribution in [0.5, 0.6) is 5.75 Å². The Morgan fingerprint density at radius 2 is 2.08 bits per heavy atom. The molecule has 0 saturated carbocycles. The van der Waals surface area contributed by atoms with E-state index in [2.05, 4.69) is 12.0 Å². The Balaban J connectivity index is 1.58. The van der Waals surface area contributed by atoms with Gasteiger partial charge in [-0.3, -0.25) is 0 Å². The quantitative estimate of drug-likeness (QED) is 0.713. The van der Waals surface area contributed by atoms with Crippen LogP contribution in [-0.2, 0) is 13.0 Å². The lowest BCUT2D eigenvalue weighted by Crippen LogP contribution is -2.29. The number of rotatable bonds is 7. The molecule has 7 nitrogen and oxygen atoms in total. The highest BCUT2D eigenvalue weighted by atomic mass is 16.5. The first-order valence-corrected chi connectivity index (χ1v) is 7.67. The van der Waals surface area contributed by atoms with Crippen molar-refractivity contribution in [1.82, 2.24) is 9.78 Å². The molecule has 2 aromatic heterocycles. The molecule has 24 heavy (non-hydrogen) atoms. The Kier molecular flexibility index (Phi) is 4.81. The van der Waals surface area contributed by atoms with Gasteiger partial charge in [-0.2, -0.15) is 4.68 Å². The van der Waals surface area contributed by atoms with Crippen LogP contribution in [0.1, 0.15) is 12.5 Å². The fraction of sp³-hybridized carbons (Fsp3) is 0.294. The van der Waals surface area contributed by atoms with Crippen molar-refractivity contribution in [3.8, 4) is 17.4 Å². The van der Waals surface area contributed by atoms with Crippen molar-refractivity contribution in [2.75, 3.05) is 6.61 Å². The highest BCUT2D eigenvalue weighted by molar-refractivity contribution is 5.42. The predicted molar refractivity (Wildman–Crippen MR) is 85.8 cm³/mol. The molecule has 126 valence electrons. The Morgan fingerprint density at radius 1 is 1.29 bits per heavy atom. The molecular weight excluding hydrogens is 312 g/mol. The van der Waals surface area contributed by atoms with Gasteiger partial charge in [0.15, 0.2) is 5.76 Å². The van der Waals surface area contributed by atoms with E-state index in [1.54, 1.807) is 12.1 Å². The molecule has 1 aromatic carbocycles. The van der Waals surface area contributed by atoms with Gasteiger partial charge in [0.05, 0.1) is 12.8 Å². The summed E-state index contributed by atoms with van der Waals surface area (Å²) in [5.74, 6) is 0.434. The second-order valence-corrected chi connectivity index (χ2v) is 5.29. The third-order valence-corrected chi connectivity index (χ3v) is 3.50. The molecule has 0 fully saturated rings. The van der Waals surface area contributed by atoms with Gasteiger partial charge in [-0.15, -0.1) is 5.10 Å². The number of benzene rings is 1. The zero-order chi connectivity index (χ0) is 16.9. The SMILES string of the molecule is CCc1ccc(OC[C@H](O)Cn2nc(-c3ccco3)oc2=O)cc1. The van der Waals surface area contributed by atoms with Gasteiger partial charge in [0.2, 0.25) is 0 Å². The van der Waals surface area contributed by atoms with E-state index in [1.165, 1.54) is 11.8 Å². The molecule has 0 bridgehead atoms. The number of hydrogen-bond acceptors (Lipinski definition) is 6. The molecule has 0 spiro atoms. The highest BCUT2D eigenvalue weighted by Crippen LogP contribution is 2.15. The summed E-state index contributed by atoms with van der Waals surface area (Å²) in [6, 6.07) is 10.9. The normalized spacial score (nSPS) is 12.2. The lowest BCUT2D eigenvalue weighted by atomic mass is 10.2. The standard InChI is InChI=1S/C17H18N2O5/c1-2-12-5-7-14(8-6-12)23-11-13(20)10-19-17(21)24-16(18-19)15-4-3-9-22-15/h3-9,13,20H,2,10-11H2,1H3/t13-/m1/s1. The molecule has 3 aromatic rings. The summed E-state index contributed by atoms with van der Waals surface area (Å²) >= 11 is 0. The minimum absolute atomic E-state index is 0.0317. The average Bonchev–Trinajstić information content (AvgIpc) is 3.24. The Bertz CT molecular complexity index is 818. The van der Waals surface area contributed by atoms with Crippen LogP contribution < -0.4 is 10.5 Å². The molecule has 2 heterocycles. The van der Waals surface area contributed by atoms with Crippen LogP contribution in [-0.4, -0.2) is 27.6 Å². The van der Waals surface area contributed by atoms with E-state index in [-0.39, 0.29) is 19.0 Å². The maximum Gasteiger partial charge on any atom is 0.437 e. The lowest BCUT2D eigenvalue weighted by molar-refractivity contribution is 0.0875. The fourth-order valence-corrected chi connectivity index (χ4v) is 2.19. The molecule has 0 aliphatic carbocycles. The molecule has 7 heteroatoms. The van der Waals surface area contributed by atoms with Crippen LogP contribution in [0.3, 0.4) is 0 Å². The van der Waals surface area contributed by atoms with Crippen LogP contribution >= 0.6 is 0 Å². The van der Waals surface area contributed by atoms with Crippen molar-refractivity contribution in [3.63, 3.8) is 0 Å². The monoisotopic (exact) mass is 330 g/mol. The first-order chi connectivity index (χ1) is 11.7. The second kappa shape index (κ2) is 7.18. The van der Waals surface area contributed by atoms with Crippen molar-refractivity contribution in [1.29, 1.82) is 0 Å². The number of aromatic nitrogens is 2. The zero-order valence-corrected chi connectivity index (χ0v) is 13.2. The first-order valence-electron chi connectivity index (χ1n) is 7.67. The molecule has 3 rings (SSSR count). The lowest BCUT2D eigenvalue weighted by Gasteiger charge is -2.11. The molecule has 1 N–H and O–H groups in total. The van der Waals surface area contributed by atoms with Crippen LogP contribution in [0.15, 0.2) is 56.3 Å². The molecule has 0 radical (unpaired) electrons. The van der Waals surface area contributed by atoms with Gasteiger partial charge < -0.3 is 18.7 Å².